The summed E-state index contributed by atoms with van der Waals surface area (Å²) in [7, 11) is 1.69. The van der Waals surface area contributed by atoms with Crippen LogP contribution in [-0.4, -0.2) is 45.1 Å². The predicted molar refractivity (Wildman–Crippen MR) is 74.4 cm³/mol. The Morgan fingerprint density at radius 3 is 2.89 bits per heavy atom. The third kappa shape index (κ3) is 7.10. The van der Waals surface area contributed by atoms with E-state index in [1.165, 1.54) is 0 Å². The summed E-state index contributed by atoms with van der Waals surface area (Å²) in [4.78, 5) is 4.24. The van der Waals surface area contributed by atoms with Crippen LogP contribution < -0.4 is 10.1 Å². The Hall–Kier alpha value is -1.17. The van der Waals surface area contributed by atoms with Crippen molar-refractivity contribution in [3.8, 4) is 5.88 Å². The van der Waals surface area contributed by atoms with Crippen LogP contribution in [0, 0.1) is 0 Å². The summed E-state index contributed by atoms with van der Waals surface area (Å²) in [5.41, 5.74) is 1.07. The molecule has 0 bridgehead atoms. The van der Waals surface area contributed by atoms with Crippen molar-refractivity contribution >= 4 is 0 Å². The maximum atomic E-state index is 5.63. The number of nitrogens with zero attached hydrogens (tertiary/aromatic N) is 1. The molecule has 0 spiro atoms. The van der Waals surface area contributed by atoms with Gasteiger partial charge in [-0.2, -0.15) is 0 Å². The molecule has 0 aliphatic heterocycles. The van der Waals surface area contributed by atoms with Gasteiger partial charge < -0.3 is 19.5 Å². The number of ether oxygens (including phenoxy) is 3. The van der Waals surface area contributed by atoms with Gasteiger partial charge in [0.15, 0.2) is 0 Å². The number of hydrogen-bond acceptors (Lipinski definition) is 5. The SMILES string of the molecule is CCNCc1cccnc1OCCOCCCOC. The Balaban J connectivity index is 2.21. The standard InChI is InChI=1S/C14H24N2O3/c1-3-15-12-13-6-4-7-16-14(13)19-11-10-18-9-5-8-17-2/h4,6-7,15H,3,5,8-12H2,1-2H3. The average Bonchev–Trinajstić information content (AvgIpc) is 2.45. The van der Waals surface area contributed by atoms with E-state index in [9.17, 15) is 0 Å². The molecule has 0 saturated heterocycles. The molecule has 0 amide bonds. The third-order valence-corrected chi connectivity index (χ3v) is 2.52. The molecule has 0 aromatic carbocycles. The van der Waals surface area contributed by atoms with E-state index in [1.807, 2.05) is 12.1 Å². The van der Waals surface area contributed by atoms with Gasteiger partial charge in [-0.3, -0.25) is 0 Å². The van der Waals surface area contributed by atoms with Gasteiger partial charge in [-0.05, 0) is 19.0 Å². The minimum atomic E-state index is 0.517. The van der Waals surface area contributed by atoms with E-state index >= 15 is 0 Å². The summed E-state index contributed by atoms with van der Waals surface area (Å²) in [5, 5.41) is 3.26. The zero-order chi connectivity index (χ0) is 13.8. The first kappa shape index (κ1) is 15.9. The minimum absolute atomic E-state index is 0.517. The molecule has 0 fully saturated rings. The smallest absolute Gasteiger partial charge is 0.217 e. The lowest BCUT2D eigenvalue weighted by molar-refractivity contribution is 0.0793. The van der Waals surface area contributed by atoms with Crippen molar-refractivity contribution in [3.63, 3.8) is 0 Å². The Morgan fingerprint density at radius 1 is 1.21 bits per heavy atom. The predicted octanol–water partition coefficient (Wildman–Crippen LogP) is 1.62. The number of rotatable bonds is 11. The van der Waals surface area contributed by atoms with Crippen LogP contribution in [0.3, 0.4) is 0 Å². The minimum Gasteiger partial charge on any atom is -0.475 e. The zero-order valence-electron chi connectivity index (χ0n) is 11.9. The van der Waals surface area contributed by atoms with Crippen molar-refractivity contribution in [1.82, 2.24) is 10.3 Å². The van der Waals surface area contributed by atoms with E-state index < -0.39 is 0 Å². The maximum absolute atomic E-state index is 5.63. The summed E-state index contributed by atoms with van der Waals surface area (Å²) < 4.78 is 16.0. The Kier molecular flexibility index (Phi) is 8.97. The van der Waals surface area contributed by atoms with E-state index in [1.54, 1.807) is 13.3 Å². The van der Waals surface area contributed by atoms with Crippen LogP contribution in [0.5, 0.6) is 5.88 Å². The summed E-state index contributed by atoms with van der Waals surface area (Å²) in [6, 6.07) is 3.94. The summed E-state index contributed by atoms with van der Waals surface area (Å²) in [6.45, 7) is 6.29. The largest absolute Gasteiger partial charge is 0.475 e. The first-order chi connectivity index (χ1) is 9.38. The number of methoxy groups -OCH3 is 1. The van der Waals surface area contributed by atoms with Gasteiger partial charge in [-0.15, -0.1) is 0 Å². The van der Waals surface area contributed by atoms with Gasteiger partial charge in [0.2, 0.25) is 5.88 Å². The molecule has 0 unspecified atom stereocenters. The molecule has 0 aliphatic carbocycles. The lowest BCUT2D eigenvalue weighted by Gasteiger charge is -2.10. The van der Waals surface area contributed by atoms with Crippen molar-refractivity contribution in [2.75, 3.05) is 40.1 Å². The van der Waals surface area contributed by atoms with Crippen molar-refractivity contribution in [2.24, 2.45) is 0 Å². The molecule has 1 aromatic heterocycles. The molecule has 1 heterocycles. The van der Waals surface area contributed by atoms with Crippen LogP contribution in [0.2, 0.25) is 0 Å². The van der Waals surface area contributed by atoms with Gasteiger partial charge in [0, 0.05) is 38.6 Å². The molecule has 0 aliphatic rings. The number of hydrogen-bond donors (Lipinski definition) is 1. The molecular formula is C14H24N2O3. The molecule has 0 atom stereocenters. The molecular weight excluding hydrogens is 244 g/mol. The van der Waals surface area contributed by atoms with Crippen LogP contribution >= 0.6 is 0 Å². The highest BCUT2D eigenvalue weighted by molar-refractivity contribution is 5.25. The first-order valence-corrected chi connectivity index (χ1v) is 6.72. The molecule has 0 saturated carbocycles. The highest BCUT2D eigenvalue weighted by Gasteiger charge is 2.03. The van der Waals surface area contributed by atoms with Crippen molar-refractivity contribution in [1.29, 1.82) is 0 Å². The Morgan fingerprint density at radius 2 is 2.11 bits per heavy atom. The molecule has 1 rings (SSSR count). The monoisotopic (exact) mass is 268 g/mol. The third-order valence-electron chi connectivity index (χ3n) is 2.52. The molecule has 1 N–H and O–H groups in total. The van der Waals surface area contributed by atoms with E-state index in [4.69, 9.17) is 14.2 Å². The van der Waals surface area contributed by atoms with E-state index in [2.05, 4.69) is 17.2 Å². The molecule has 19 heavy (non-hydrogen) atoms. The lowest BCUT2D eigenvalue weighted by atomic mass is 10.2. The van der Waals surface area contributed by atoms with Crippen LogP contribution in [-0.2, 0) is 16.0 Å². The Labute approximate surface area is 115 Å². The van der Waals surface area contributed by atoms with Crippen molar-refractivity contribution in [3.05, 3.63) is 23.9 Å². The normalized spacial score (nSPS) is 10.6. The van der Waals surface area contributed by atoms with Gasteiger partial charge in [0.25, 0.3) is 0 Å². The summed E-state index contributed by atoms with van der Waals surface area (Å²) >= 11 is 0. The van der Waals surface area contributed by atoms with Crippen molar-refractivity contribution in [2.45, 2.75) is 19.9 Å². The van der Waals surface area contributed by atoms with Crippen LogP contribution in [0.25, 0.3) is 0 Å². The van der Waals surface area contributed by atoms with Crippen molar-refractivity contribution < 1.29 is 14.2 Å². The number of aromatic nitrogens is 1. The highest BCUT2D eigenvalue weighted by atomic mass is 16.5. The second-order valence-electron chi connectivity index (χ2n) is 4.06. The summed E-state index contributed by atoms with van der Waals surface area (Å²) in [5.74, 6) is 0.684. The van der Waals surface area contributed by atoms with Gasteiger partial charge in [0.1, 0.15) is 6.61 Å². The number of pyridine rings is 1. The zero-order valence-corrected chi connectivity index (χ0v) is 11.9. The topological polar surface area (TPSA) is 52.6 Å². The fourth-order valence-electron chi connectivity index (χ4n) is 1.55. The van der Waals surface area contributed by atoms with Crippen LogP contribution in [0.1, 0.15) is 18.9 Å². The number of nitrogens with one attached hydrogen (secondary N) is 1. The first-order valence-electron chi connectivity index (χ1n) is 6.72. The lowest BCUT2D eigenvalue weighted by Crippen LogP contribution is -2.15. The molecule has 0 radical (unpaired) electrons. The van der Waals surface area contributed by atoms with E-state index in [-0.39, 0.29) is 0 Å². The summed E-state index contributed by atoms with van der Waals surface area (Å²) in [6.07, 6.45) is 2.65. The molecule has 1 aromatic rings. The Bertz CT molecular complexity index is 334. The fourth-order valence-corrected chi connectivity index (χ4v) is 1.55. The van der Waals surface area contributed by atoms with Gasteiger partial charge in [-0.1, -0.05) is 13.0 Å². The molecule has 5 heteroatoms. The fraction of sp³-hybridized carbons (Fsp3) is 0.643. The molecule has 108 valence electrons. The second-order valence-corrected chi connectivity index (χ2v) is 4.06. The van der Waals surface area contributed by atoms with E-state index in [0.717, 1.165) is 31.7 Å². The molecule has 5 nitrogen and oxygen atoms in total. The van der Waals surface area contributed by atoms with Gasteiger partial charge in [0.05, 0.1) is 6.61 Å². The highest BCUT2D eigenvalue weighted by Crippen LogP contribution is 2.13. The average molecular weight is 268 g/mol. The quantitative estimate of drug-likeness (QED) is 0.618. The van der Waals surface area contributed by atoms with Gasteiger partial charge in [-0.25, -0.2) is 4.98 Å². The second kappa shape index (κ2) is 10.7. The van der Waals surface area contributed by atoms with E-state index in [0.29, 0.717) is 25.7 Å². The van der Waals surface area contributed by atoms with Crippen LogP contribution in [0.4, 0.5) is 0 Å². The maximum Gasteiger partial charge on any atom is 0.217 e. The van der Waals surface area contributed by atoms with Crippen LogP contribution in [0.15, 0.2) is 18.3 Å². The van der Waals surface area contributed by atoms with Gasteiger partial charge >= 0.3 is 0 Å².